The molecule has 0 bridgehead atoms. The van der Waals surface area contributed by atoms with E-state index in [1.54, 1.807) is 0 Å². The van der Waals surface area contributed by atoms with Crippen molar-refractivity contribution < 1.29 is 4.79 Å². The van der Waals surface area contributed by atoms with Gasteiger partial charge in [-0.15, -0.1) is 0 Å². The molecule has 28 heavy (non-hydrogen) atoms. The lowest BCUT2D eigenvalue weighted by molar-refractivity contribution is 0.118. The second kappa shape index (κ2) is 11.5. The molecule has 2 aromatic rings. The number of nitrogens with two attached hydrogens (primary N) is 1. The number of carbonyl (C=O) groups excluding carboxylic acids is 1. The monoisotopic (exact) mass is 382 g/mol. The van der Waals surface area contributed by atoms with Gasteiger partial charge in [-0.05, 0) is 37.1 Å². The van der Waals surface area contributed by atoms with Gasteiger partial charge >= 0.3 is 6.03 Å². The maximum atomic E-state index is 12.4. The Morgan fingerprint density at radius 2 is 1.57 bits per heavy atom. The summed E-state index contributed by atoms with van der Waals surface area (Å²) in [4.78, 5) is 16.9. The number of fused-ring (bicyclic) bond motifs is 1. The van der Waals surface area contributed by atoms with Crippen LogP contribution in [-0.4, -0.2) is 42.0 Å². The molecule has 1 fully saturated rings. The molecule has 3 N–H and O–H groups in total. The second-order valence-corrected chi connectivity index (χ2v) is 6.71. The van der Waals surface area contributed by atoms with Crippen molar-refractivity contribution in [3.05, 3.63) is 65.7 Å². The molecule has 0 spiro atoms. The summed E-state index contributed by atoms with van der Waals surface area (Å²) < 4.78 is 0. The molecule has 2 aromatic carbocycles. The molecule has 0 aliphatic carbocycles. The summed E-state index contributed by atoms with van der Waals surface area (Å²) in [6, 6.07) is 19.1. The zero-order valence-electron chi connectivity index (χ0n) is 17.4. The molecule has 0 unspecified atom stereocenters. The molecule has 2 heterocycles. The molecule has 2 aliphatic rings. The summed E-state index contributed by atoms with van der Waals surface area (Å²) in [6.45, 7) is 7.82. The quantitative estimate of drug-likeness (QED) is 0.832. The van der Waals surface area contributed by atoms with Crippen molar-refractivity contribution in [3.8, 4) is 0 Å². The molecule has 1 saturated heterocycles. The van der Waals surface area contributed by atoms with Gasteiger partial charge in [0.1, 0.15) is 0 Å². The minimum Gasteiger partial charge on any atom is -0.333 e. The smallest absolute Gasteiger partial charge is 0.322 e. The van der Waals surface area contributed by atoms with Crippen LogP contribution >= 0.6 is 0 Å². The highest BCUT2D eigenvalue weighted by Crippen LogP contribution is 2.27. The predicted octanol–water partition coefficient (Wildman–Crippen LogP) is 4.30. The van der Waals surface area contributed by atoms with E-state index in [4.69, 9.17) is 0 Å². The lowest BCUT2D eigenvalue weighted by Crippen LogP contribution is -2.49. The van der Waals surface area contributed by atoms with Gasteiger partial charge in [0, 0.05) is 37.9 Å². The van der Waals surface area contributed by atoms with E-state index in [2.05, 4.69) is 52.3 Å². The van der Waals surface area contributed by atoms with Gasteiger partial charge in [0.15, 0.2) is 0 Å². The third kappa shape index (κ3) is 5.57. The van der Waals surface area contributed by atoms with Crippen molar-refractivity contribution in [1.82, 2.24) is 9.80 Å². The number of benzene rings is 2. The number of rotatable bonds is 3. The fraction of sp³-hybridized carbons (Fsp3) is 0.435. The average Bonchev–Trinajstić information content (AvgIpc) is 2.77. The van der Waals surface area contributed by atoms with Crippen LogP contribution in [0.15, 0.2) is 54.6 Å². The number of amides is 2. The Morgan fingerprint density at radius 3 is 2.25 bits per heavy atom. The number of hydrogen-bond donors (Lipinski definition) is 2. The normalized spacial score (nSPS) is 16.7. The summed E-state index contributed by atoms with van der Waals surface area (Å²) >= 11 is 0. The van der Waals surface area contributed by atoms with Crippen LogP contribution in [0, 0.1) is 0 Å². The molecule has 152 valence electrons. The van der Waals surface area contributed by atoms with E-state index in [-0.39, 0.29) is 6.03 Å². The summed E-state index contributed by atoms with van der Waals surface area (Å²) in [5, 5.41) is 3.03. The van der Waals surface area contributed by atoms with Crippen molar-refractivity contribution in [1.29, 1.82) is 0 Å². The highest BCUT2D eigenvalue weighted by Gasteiger charge is 2.31. The molecule has 2 amide bonds. The van der Waals surface area contributed by atoms with Gasteiger partial charge in [-0.1, -0.05) is 62.4 Å². The minimum atomic E-state index is 0.0511. The Hall–Kier alpha value is -2.37. The third-order valence-corrected chi connectivity index (χ3v) is 5.11. The first-order valence-corrected chi connectivity index (χ1v) is 10.3. The summed E-state index contributed by atoms with van der Waals surface area (Å²) in [7, 11) is 1.50. The van der Waals surface area contributed by atoms with Crippen molar-refractivity contribution in [3.63, 3.8) is 0 Å². The van der Waals surface area contributed by atoms with E-state index < -0.39 is 0 Å². The number of urea groups is 1. The Morgan fingerprint density at radius 1 is 0.964 bits per heavy atom. The number of nitrogens with one attached hydrogen (secondary N) is 1. The summed E-state index contributed by atoms with van der Waals surface area (Å²) in [6.07, 6.45) is 2.09. The number of hydrogen-bond acceptors (Lipinski definition) is 3. The maximum Gasteiger partial charge on any atom is 0.322 e. The Labute approximate surface area is 169 Å². The van der Waals surface area contributed by atoms with Gasteiger partial charge in [0.2, 0.25) is 0 Å². The molecule has 5 nitrogen and oxygen atoms in total. The fourth-order valence-corrected chi connectivity index (χ4v) is 3.75. The summed E-state index contributed by atoms with van der Waals surface area (Å²) in [5.74, 6) is 0. The Balaban J connectivity index is 0.000000660. The zero-order chi connectivity index (χ0) is 20.4. The van der Waals surface area contributed by atoms with E-state index >= 15 is 0 Å². The van der Waals surface area contributed by atoms with E-state index in [1.807, 2.05) is 36.9 Å². The fourth-order valence-electron chi connectivity index (χ4n) is 3.75. The molecule has 0 aromatic heterocycles. The van der Waals surface area contributed by atoms with Gasteiger partial charge in [0.05, 0.1) is 0 Å². The van der Waals surface area contributed by atoms with Crippen molar-refractivity contribution in [2.75, 3.05) is 25.5 Å². The zero-order valence-corrected chi connectivity index (χ0v) is 17.4. The van der Waals surface area contributed by atoms with E-state index in [0.29, 0.717) is 6.04 Å². The van der Waals surface area contributed by atoms with E-state index in [9.17, 15) is 4.79 Å². The van der Waals surface area contributed by atoms with Crippen LogP contribution in [0.4, 0.5) is 10.5 Å². The minimum absolute atomic E-state index is 0.0511. The lowest BCUT2D eigenvalue weighted by atomic mass is 10.0. The highest BCUT2D eigenvalue weighted by molar-refractivity contribution is 5.92. The summed E-state index contributed by atoms with van der Waals surface area (Å²) in [5.41, 5.74) is 8.03. The third-order valence-electron chi connectivity index (χ3n) is 5.11. The largest absolute Gasteiger partial charge is 0.333 e. The topological polar surface area (TPSA) is 61.6 Å². The van der Waals surface area contributed by atoms with Crippen LogP contribution in [0.25, 0.3) is 0 Å². The van der Waals surface area contributed by atoms with Crippen LogP contribution in [0.1, 0.15) is 37.8 Å². The van der Waals surface area contributed by atoms with Crippen molar-refractivity contribution in [2.45, 2.75) is 45.8 Å². The first kappa shape index (κ1) is 21.9. The number of anilines is 1. The molecule has 2 aliphatic heterocycles. The van der Waals surface area contributed by atoms with E-state index in [1.165, 1.54) is 18.2 Å². The predicted molar refractivity (Wildman–Crippen MR) is 117 cm³/mol. The van der Waals surface area contributed by atoms with E-state index in [0.717, 1.165) is 44.7 Å². The number of carbonyl (C=O) groups is 1. The Kier molecular flexibility index (Phi) is 8.98. The lowest BCUT2D eigenvalue weighted by Gasteiger charge is -2.40. The Bertz CT molecular complexity index is 712. The number of nitrogens with zero attached hydrogens (tertiary/aromatic N) is 2. The van der Waals surface area contributed by atoms with Crippen LogP contribution < -0.4 is 11.1 Å². The highest BCUT2D eigenvalue weighted by atomic mass is 16.2. The number of likely N-dealkylation sites (tertiary alicyclic amines) is 1. The molecular weight excluding hydrogens is 348 g/mol. The number of piperidine rings is 1. The van der Waals surface area contributed by atoms with Crippen LogP contribution in [0.2, 0.25) is 0 Å². The number of para-hydroxylation sites is 1. The average molecular weight is 383 g/mol. The molecule has 0 radical (unpaired) electrons. The first-order chi connectivity index (χ1) is 13.8. The molecular formula is C23H34N4O. The van der Waals surface area contributed by atoms with Crippen LogP contribution in [0.3, 0.4) is 0 Å². The van der Waals surface area contributed by atoms with Gasteiger partial charge in [-0.25, -0.2) is 4.79 Å². The van der Waals surface area contributed by atoms with Crippen LogP contribution in [0.5, 0.6) is 0 Å². The van der Waals surface area contributed by atoms with Crippen molar-refractivity contribution in [2.24, 2.45) is 5.73 Å². The van der Waals surface area contributed by atoms with Gasteiger partial charge in [-0.3, -0.25) is 4.90 Å². The molecule has 0 saturated carbocycles. The van der Waals surface area contributed by atoms with Crippen LogP contribution in [-0.2, 0) is 13.1 Å². The van der Waals surface area contributed by atoms with Gasteiger partial charge in [0.25, 0.3) is 0 Å². The standard InChI is InChI=1S/C20H23N3O.C2H6.CH5N/c24-20-21-19-9-5-4-8-17(19)15-23(20)18-10-12-22(13-11-18)14-16-6-2-1-3-7-16;2*1-2/h1-9,18H,10-15H2,(H,21,24);1-2H3;2H2,1H3. The van der Waals surface area contributed by atoms with Gasteiger partial charge < -0.3 is 16.0 Å². The molecule has 4 rings (SSSR count). The van der Waals surface area contributed by atoms with Crippen molar-refractivity contribution >= 4 is 11.7 Å². The first-order valence-electron chi connectivity index (χ1n) is 10.3. The molecule has 0 atom stereocenters. The second-order valence-electron chi connectivity index (χ2n) is 6.71. The maximum absolute atomic E-state index is 12.4. The SMILES string of the molecule is CC.CN.O=C1Nc2ccccc2CN1C1CCN(Cc2ccccc2)CC1. The van der Waals surface area contributed by atoms with Gasteiger partial charge in [-0.2, -0.15) is 0 Å². The molecule has 5 heteroatoms.